The third kappa shape index (κ3) is 4.49. The number of hydrogen-bond donors (Lipinski definition) is 1. The van der Waals surface area contributed by atoms with Gasteiger partial charge in [-0.1, -0.05) is 51.1 Å². The summed E-state index contributed by atoms with van der Waals surface area (Å²) in [6.07, 6.45) is 9.24. The zero-order chi connectivity index (χ0) is 24.8. The fraction of sp³-hybridized carbons (Fsp3) is 0.742. The normalized spacial score (nSPS) is 41.4. The van der Waals surface area contributed by atoms with E-state index in [1.807, 2.05) is 30.3 Å². The van der Waals surface area contributed by atoms with Crippen molar-refractivity contribution in [3.63, 3.8) is 0 Å². The molecule has 4 aliphatic carbocycles. The number of hydrogen-bond acceptors (Lipinski definition) is 4. The second-order valence-corrected chi connectivity index (χ2v) is 12.9. The van der Waals surface area contributed by atoms with Crippen LogP contribution in [0.25, 0.3) is 0 Å². The summed E-state index contributed by atoms with van der Waals surface area (Å²) in [4.78, 5) is 26.0. The minimum absolute atomic E-state index is 0.106. The number of fused-ring (bicyclic) bond motifs is 5. The van der Waals surface area contributed by atoms with Crippen molar-refractivity contribution < 1.29 is 19.4 Å². The van der Waals surface area contributed by atoms with Gasteiger partial charge in [-0.25, -0.2) is 0 Å². The topological polar surface area (TPSA) is 63.6 Å². The van der Waals surface area contributed by atoms with Crippen LogP contribution in [-0.4, -0.2) is 23.0 Å². The number of carbonyl (C=O) groups excluding carboxylic acids is 2. The minimum Gasteiger partial charge on any atom is -0.461 e. The van der Waals surface area contributed by atoms with Crippen LogP contribution in [0.1, 0.15) is 90.5 Å². The molecule has 9 atom stereocenters. The Balaban J connectivity index is 1.21. The summed E-state index contributed by atoms with van der Waals surface area (Å²) in [7, 11) is 0. The minimum atomic E-state index is -0.220. The number of aliphatic hydroxyl groups excluding tert-OH is 1. The lowest BCUT2D eigenvalue weighted by Crippen LogP contribution is -2.57. The van der Waals surface area contributed by atoms with Gasteiger partial charge >= 0.3 is 5.97 Å². The molecule has 0 aromatic heterocycles. The smallest absolute Gasteiger partial charge is 0.306 e. The van der Waals surface area contributed by atoms with Gasteiger partial charge in [0.1, 0.15) is 12.4 Å². The van der Waals surface area contributed by atoms with Gasteiger partial charge in [-0.2, -0.15) is 0 Å². The average Bonchev–Trinajstić information content (AvgIpc) is 3.20. The van der Waals surface area contributed by atoms with E-state index < -0.39 is 0 Å². The average molecular weight is 481 g/mol. The molecule has 0 saturated heterocycles. The second kappa shape index (κ2) is 9.65. The maximum Gasteiger partial charge on any atom is 0.306 e. The van der Waals surface area contributed by atoms with Crippen molar-refractivity contribution in [2.24, 2.45) is 46.3 Å². The summed E-state index contributed by atoms with van der Waals surface area (Å²) in [5.41, 5.74) is 1.43. The Morgan fingerprint density at radius 1 is 1.06 bits per heavy atom. The van der Waals surface area contributed by atoms with Crippen molar-refractivity contribution in [3.8, 4) is 0 Å². The van der Waals surface area contributed by atoms with E-state index in [9.17, 15) is 14.7 Å². The molecule has 0 radical (unpaired) electrons. The first-order valence-electron chi connectivity index (χ1n) is 14.1. The van der Waals surface area contributed by atoms with Crippen LogP contribution in [0.3, 0.4) is 0 Å². The molecule has 0 aliphatic heterocycles. The van der Waals surface area contributed by atoms with Crippen LogP contribution in [0.5, 0.6) is 0 Å². The standard InChI is InChI=1S/C31H44O4/c1-20(9-12-28(34)35-19-21-7-5-4-6-8-21)24-10-11-25-29-26(14-16-31(24,25)3)30(2)15-13-23(32)17-22(30)18-27(29)33/h4-8,20,22-26,29,32H,9-19H2,1-3H3/t20-,22+,23-,24-,25+,26?,29+,30+,31-/m1/s1. The summed E-state index contributed by atoms with van der Waals surface area (Å²) in [6.45, 7) is 7.56. The number of carbonyl (C=O) groups is 2. The molecule has 1 unspecified atom stereocenters. The van der Waals surface area contributed by atoms with Crippen LogP contribution < -0.4 is 0 Å². The SMILES string of the molecule is C[C@H](CCC(=O)OCc1ccccc1)[C@H]1CC[C@H]2[C@@H]3C(=O)C[C@@H]4C[C@H](O)CC[C@]4(C)C3CC[C@]12C. The molecule has 1 N–H and O–H groups in total. The molecule has 1 aromatic carbocycles. The Bertz CT molecular complexity index is 927. The Kier molecular flexibility index (Phi) is 6.89. The summed E-state index contributed by atoms with van der Waals surface area (Å²) in [6, 6.07) is 9.86. The fourth-order valence-electron chi connectivity index (χ4n) is 9.24. The van der Waals surface area contributed by atoms with Gasteiger partial charge in [0.05, 0.1) is 6.10 Å². The Hall–Kier alpha value is -1.68. The first-order valence-corrected chi connectivity index (χ1v) is 14.1. The molecular formula is C31H44O4. The van der Waals surface area contributed by atoms with E-state index in [1.54, 1.807) is 0 Å². The Morgan fingerprint density at radius 2 is 1.77 bits per heavy atom. The van der Waals surface area contributed by atoms with Gasteiger partial charge in [0.2, 0.25) is 0 Å². The molecule has 4 aliphatic rings. The van der Waals surface area contributed by atoms with E-state index in [-0.39, 0.29) is 28.8 Å². The van der Waals surface area contributed by atoms with Gasteiger partial charge in [-0.15, -0.1) is 0 Å². The van der Waals surface area contributed by atoms with Crippen molar-refractivity contribution in [2.75, 3.05) is 0 Å². The highest BCUT2D eigenvalue weighted by Crippen LogP contribution is 2.67. The fourth-order valence-corrected chi connectivity index (χ4v) is 9.24. The van der Waals surface area contributed by atoms with Crippen molar-refractivity contribution in [1.82, 2.24) is 0 Å². The molecule has 0 heterocycles. The van der Waals surface area contributed by atoms with E-state index >= 15 is 0 Å². The Morgan fingerprint density at radius 3 is 2.54 bits per heavy atom. The molecule has 4 heteroatoms. The molecule has 1 aromatic rings. The lowest BCUT2D eigenvalue weighted by Gasteiger charge is -2.60. The van der Waals surface area contributed by atoms with Crippen LogP contribution in [0, 0.1) is 46.3 Å². The van der Waals surface area contributed by atoms with Crippen LogP contribution in [-0.2, 0) is 20.9 Å². The molecular weight excluding hydrogens is 436 g/mol. The van der Waals surface area contributed by atoms with E-state index in [2.05, 4.69) is 20.8 Å². The summed E-state index contributed by atoms with van der Waals surface area (Å²) in [5.74, 6) is 2.95. The first kappa shape index (κ1) is 25.0. The number of rotatable bonds is 6. The van der Waals surface area contributed by atoms with Crippen LogP contribution >= 0.6 is 0 Å². The summed E-state index contributed by atoms with van der Waals surface area (Å²) < 4.78 is 5.53. The van der Waals surface area contributed by atoms with E-state index in [0.29, 0.717) is 54.8 Å². The number of ketones is 1. The maximum absolute atomic E-state index is 13.6. The molecule has 0 bridgehead atoms. The summed E-state index contributed by atoms with van der Waals surface area (Å²) in [5, 5.41) is 10.3. The van der Waals surface area contributed by atoms with Gasteiger partial charge in [0.15, 0.2) is 0 Å². The van der Waals surface area contributed by atoms with E-state index in [0.717, 1.165) is 44.1 Å². The maximum atomic E-state index is 13.6. The third-order valence-corrected chi connectivity index (χ3v) is 11.2. The van der Waals surface area contributed by atoms with Gasteiger partial charge < -0.3 is 9.84 Å². The monoisotopic (exact) mass is 480 g/mol. The van der Waals surface area contributed by atoms with E-state index in [4.69, 9.17) is 4.74 Å². The van der Waals surface area contributed by atoms with Gasteiger partial charge in [-0.05, 0) is 97.3 Å². The molecule has 0 spiro atoms. The zero-order valence-electron chi connectivity index (χ0n) is 21.9. The molecule has 35 heavy (non-hydrogen) atoms. The van der Waals surface area contributed by atoms with Gasteiger partial charge in [-0.3, -0.25) is 9.59 Å². The predicted molar refractivity (Wildman–Crippen MR) is 136 cm³/mol. The van der Waals surface area contributed by atoms with Gasteiger partial charge in [0.25, 0.3) is 0 Å². The first-order chi connectivity index (χ1) is 16.7. The summed E-state index contributed by atoms with van der Waals surface area (Å²) >= 11 is 0. The van der Waals surface area contributed by atoms with Crippen molar-refractivity contribution in [2.45, 2.75) is 97.7 Å². The highest BCUT2D eigenvalue weighted by Gasteiger charge is 2.63. The highest BCUT2D eigenvalue weighted by atomic mass is 16.5. The predicted octanol–water partition coefficient (Wildman–Crippen LogP) is 6.34. The highest BCUT2D eigenvalue weighted by molar-refractivity contribution is 5.83. The van der Waals surface area contributed by atoms with Crippen molar-refractivity contribution in [3.05, 3.63) is 35.9 Å². The lowest BCUT2D eigenvalue weighted by atomic mass is 9.44. The molecule has 0 amide bonds. The lowest BCUT2D eigenvalue weighted by molar-refractivity contribution is -0.160. The number of aliphatic hydroxyl groups is 1. The van der Waals surface area contributed by atoms with Gasteiger partial charge in [0, 0.05) is 18.8 Å². The largest absolute Gasteiger partial charge is 0.461 e. The van der Waals surface area contributed by atoms with Crippen LogP contribution in [0.15, 0.2) is 30.3 Å². The zero-order valence-corrected chi connectivity index (χ0v) is 21.9. The number of esters is 1. The molecule has 4 saturated carbocycles. The molecule has 5 rings (SSSR count). The molecule has 192 valence electrons. The quantitative estimate of drug-likeness (QED) is 0.482. The molecule has 4 nitrogen and oxygen atoms in total. The van der Waals surface area contributed by atoms with Crippen LogP contribution in [0.2, 0.25) is 0 Å². The van der Waals surface area contributed by atoms with Crippen molar-refractivity contribution in [1.29, 1.82) is 0 Å². The second-order valence-electron chi connectivity index (χ2n) is 12.9. The number of benzene rings is 1. The van der Waals surface area contributed by atoms with Crippen molar-refractivity contribution >= 4 is 11.8 Å². The molecule has 4 fully saturated rings. The number of Topliss-reactive ketones (excluding diaryl/α,β-unsaturated/α-hetero) is 1. The Labute approximate surface area is 211 Å². The number of ether oxygens (including phenoxy) is 1. The van der Waals surface area contributed by atoms with Crippen LogP contribution in [0.4, 0.5) is 0 Å². The van der Waals surface area contributed by atoms with E-state index in [1.165, 1.54) is 12.8 Å². The third-order valence-electron chi connectivity index (χ3n) is 11.2.